The van der Waals surface area contributed by atoms with E-state index in [9.17, 15) is 4.39 Å². The van der Waals surface area contributed by atoms with Gasteiger partial charge in [0, 0.05) is 17.5 Å². The lowest BCUT2D eigenvalue weighted by Gasteiger charge is -2.09. The quantitative estimate of drug-likeness (QED) is 0.843. The summed E-state index contributed by atoms with van der Waals surface area (Å²) in [5.74, 6) is 0.175. The SMILES string of the molecule is COc1nc2c(C)ccc(F)c2cc1CN. The van der Waals surface area contributed by atoms with Crippen molar-refractivity contribution in [2.75, 3.05) is 7.11 Å². The van der Waals surface area contributed by atoms with Crippen LogP contribution in [-0.2, 0) is 6.54 Å². The first kappa shape index (κ1) is 10.8. The maximum Gasteiger partial charge on any atom is 0.218 e. The molecule has 0 saturated carbocycles. The van der Waals surface area contributed by atoms with Crippen molar-refractivity contribution in [2.24, 2.45) is 5.73 Å². The third-order valence-corrected chi connectivity index (χ3v) is 2.59. The van der Waals surface area contributed by atoms with Crippen LogP contribution in [0.25, 0.3) is 10.9 Å². The molecule has 0 bridgehead atoms. The molecule has 0 amide bonds. The summed E-state index contributed by atoms with van der Waals surface area (Å²) >= 11 is 0. The van der Waals surface area contributed by atoms with Crippen LogP contribution in [0.4, 0.5) is 4.39 Å². The molecular formula is C12H13FN2O. The number of fused-ring (bicyclic) bond motifs is 1. The summed E-state index contributed by atoms with van der Waals surface area (Å²) in [6, 6.07) is 4.84. The van der Waals surface area contributed by atoms with E-state index in [1.54, 1.807) is 12.1 Å². The third kappa shape index (κ3) is 1.61. The predicted octanol–water partition coefficient (Wildman–Crippen LogP) is 2.15. The van der Waals surface area contributed by atoms with Gasteiger partial charge in [-0.25, -0.2) is 9.37 Å². The van der Waals surface area contributed by atoms with Crippen LogP contribution in [0.3, 0.4) is 0 Å². The number of pyridine rings is 1. The van der Waals surface area contributed by atoms with Crippen LogP contribution in [-0.4, -0.2) is 12.1 Å². The van der Waals surface area contributed by atoms with E-state index < -0.39 is 0 Å². The molecule has 0 fully saturated rings. The summed E-state index contributed by atoms with van der Waals surface area (Å²) in [6.45, 7) is 2.16. The minimum absolute atomic E-state index is 0.277. The van der Waals surface area contributed by atoms with E-state index in [2.05, 4.69) is 4.98 Å². The van der Waals surface area contributed by atoms with Crippen molar-refractivity contribution in [2.45, 2.75) is 13.5 Å². The molecule has 1 aromatic heterocycles. The molecule has 4 heteroatoms. The van der Waals surface area contributed by atoms with Gasteiger partial charge >= 0.3 is 0 Å². The number of methoxy groups -OCH3 is 1. The highest BCUT2D eigenvalue weighted by Crippen LogP contribution is 2.25. The van der Waals surface area contributed by atoms with Crippen LogP contribution in [0.1, 0.15) is 11.1 Å². The first-order valence-corrected chi connectivity index (χ1v) is 5.00. The normalized spacial score (nSPS) is 10.8. The number of aromatic nitrogens is 1. The van der Waals surface area contributed by atoms with Gasteiger partial charge in [0.25, 0.3) is 0 Å². The first-order valence-electron chi connectivity index (χ1n) is 5.00. The minimum atomic E-state index is -0.287. The van der Waals surface area contributed by atoms with E-state index in [0.29, 0.717) is 22.3 Å². The van der Waals surface area contributed by atoms with Crippen LogP contribution in [0.2, 0.25) is 0 Å². The minimum Gasteiger partial charge on any atom is -0.481 e. The maximum atomic E-state index is 13.6. The molecule has 84 valence electrons. The highest BCUT2D eigenvalue weighted by molar-refractivity contribution is 5.83. The molecule has 2 aromatic rings. The summed E-state index contributed by atoms with van der Waals surface area (Å²) in [7, 11) is 1.53. The van der Waals surface area contributed by atoms with Gasteiger partial charge in [-0.2, -0.15) is 0 Å². The smallest absolute Gasteiger partial charge is 0.218 e. The number of rotatable bonds is 2. The Labute approximate surface area is 93.0 Å². The molecule has 2 N–H and O–H groups in total. The van der Waals surface area contributed by atoms with Crippen molar-refractivity contribution in [3.05, 3.63) is 35.1 Å². The molecule has 3 nitrogen and oxygen atoms in total. The molecule has 0 saturated heterocycles. The molecule has 0 aliphatic carbocycles. The summed E-state index contributed by atoms with van der Waals surface area (Å²) in [6.07, 6.45) is 0. The second kappa shape index (κ2) is 4.06. The summed E-state index contributed by atoms with van der Waals surface area (Å²) in [4.78, 5) is 4.28. The number of aryl methyl sites for hydroxylation is 1. The molecule has 0 aliphatic rings. The van der Waals surface area contributed by atoms with Gasteiger partial charge < -0.3 is 10.5 Å². The topological polar surface area (TPSA) is 48.1 Å². The highest BCUT2D eigenvalue weighted by atomic mass is 19.1. The second-order valence-corrected chi connectivity index (χ2v) is 3.62. The summed E-state index contributed by atoms with van der Waals surface area (Å²) < 4.78 is 18.7. The van der Waals surface area contributed by atoms with Crippen LogP contribution in [0.5, 0.6) is 5.88 Å². The Balaban J connectivity index is 2.82. The number of hydrogen-bond donors (Lipinski definition) is 1. The average Bonchev–Trinajstić information content (AvgIpc) is 2.32. The monoisotopic (exact) mass is 220 g/mol. The van der Waals surface area contributed by atoms with Crippen LogP contribution >= 0.6 is 0 Å². The Bertz CT molecular complexity index is 492. The van der Waals surface area contributed by atoms with Gasteiger partial charge in [-0.15, -0.1) is 0 Å². The largest absolute Gasteiger partial charge is 0.481 e. The zero-order valence-corrected chi connectivity index (χ0v) is 9.25. The van der Waals surface area contributed by atoms with Gasteiger partial charge in [0.1, 0.15) is 5.82 Å². The van der Waals surface area contributed by atoms with E-state index in [4.69, 9.17) is 10.5 Å². The summed E-state index contributed by atoms with van der Waals surface area (Å²) in [5, 5.41) is 0.487. The van der Waals surface area contributed by atoms with Crippen molar-refractivity contribution in [3.8, 4) is 5.88 Å². The van der Waals surface area contributed by atoms with Crippen molar-refractivity contribution >= 4 is 10.9 Å². The fourth-order valence-corrected chi connectivity index (χ4v) is 1.71. The molecule has 2 rings (SSSR count). The third-order valence-electron chi connectivity index (χ3n) is 2.59. The van der Waals surface area contributed by atoms with Crippen LogP contribution < -0.4 is 10.5 Å². The van der Waals surface area contributed by atoms with Crippen molar-refractivity contribution < 1.29 is 9.13 Å². The second-order valence-electron chi connectivity index (χ2n) is 3.62. The summed E-state index contributed by atoms with van der Waals surface area (Å²) in [5.41, 5.74) is 7.81. The first-order chi connectivity index (χ1) is 7.67. The molecule has 0 unspecified atom stereocenters. The van der Waals surface area contributed by atoms with E-state index in [1.807, 2.05) is 6.92 Å². The molecule has 1 heterocycles. The number of hydrogen-bond acceptors (Lipinski definition) is 3. The molecular weight excluding hydrogens is 207 g/mol. The van der Waals surface area contributed by atoms with Crippen molar-refractivity contribution in [1.29, 1.82) is 0 Å². The molecule has 16 heavy (non-hydrogen) atoms. The molecule has 0 aliphatic heterocycles. The number of ether oxygens (including phenoxy) is 1. The molecule has 0 spiro atoms. The average molecular weight is 220 g/mol. The van der Waals surface area contributed by atoms with E-state index in [1.165, 1.54) is 13.2 Å². The fourth-order valence-electron chi connectivity index (χ4n) is 1.71. The molecule has 1 aromatic carbocycles. The van der Waals surface area contributed by atoms with Crippen molar-refractivity contribution in [3.63, 3.8) is 0 Å². The fraction of sp³-hybridized carbons (Fsp3) is 0.250. The van der Waals surface area contributed by atoms with Gasteiger partial charge in [0.05, 0.1) is 12.6 Å². The number of halogens is 1. The Morgan fingerprint density at radius 2 is 2.19 bits per heavy atom. The lowest BCUT2D eigenvalue weighted by Crippen LogP contribution is -2.03. The Morgan fingerprint density at radius 1 is 1.44 bits per heavy atom. The van der Waals surface area contributed by atoms with Gasteiger partial charge in [-0.05, 0) is 24.6 Å². The molecule has 0 radical (unpaired) electrons. The molecule has 0 atom stereocenters. The van der Waals surface area contributed by atoms with Crippen LogP contribution in [0, 0.1) is 12.7 Å². The number of benzene rings is 1. The Morgan fingerprint density at radius 3 is 2.81 bits per heavy atom. The zero-order valence-electron chi connectivity index (χ0n) is 9.25. The lowest BCUT2D eigenvalue weighted by molar-refractivity contribution is 0.394. The van der Waals surface area contributed by atoms with E-state index in [-0.39, 0.29) is 12.4 Å². The van der Waals surface area contributed by atoms with Crippen LogP contribution in [0.15, 0.2) is 18.2 Å². The van der Waals surface area contributed by atoms with Gasteiger partial charge in [-0.1, -0.05) is 6.07 Å². The maximum absolute atomic E-state index is 13.6. The number of nitrogens with two attached hydrogens (primary N) is 1. The standard InChI is InChI=1S/C12H13FN2O/c1-7-3-4-10(13)9-5-8(6-14)12(16-2)15-11(7)9/h3-5H,6,14H2,1-2H3. The van der Waals surface area contributed by atoms with Gasteiger partial charge in [0.2, 0.25) is 5.88 Å². The number of nitrogens with zero attached hydrogens (tertiary/aromatic N) is 1. The zero-order chi connectivity index (χ0) is 11.7. The van der Waals surface area contributed by atoms with Gasteiger partial charge in [0.15, 0.2) is 0 Å². The van der Waals surface area contributed by atoms with E-state index >= 15 is 0 Å². The Hall–Kier alpha value is -1.68. The van der Waals surface area contributed by atoms with E-state index in [0.717, 1.165) is 5.56 Å². The predicted molar refractivity (Wildman–Crippen MR) is 60.9 cm³/mol. The lowest BCUT2D eigenvalue weighted by atomic mass is 10.1. The van der Waals surface area contributed by atoms with Crippen molar-refractivity contribution in [1.82, 2.24) is 4.98 Å². The highest BCUT2D eigenvalue weighted by Gasteiger charge is 2.10. The van der Waals surface area contributed by atoms with Gasteiger partial charge in [-0.3, -0.25) is 0 Å². The Kier molecular flexibility index (Phi) is 2.75.